The maximum absolute atomic E-state index is 12.0. The summed E-state index contributed by atoms with van der Waals surface area (Å²) >= 11 is 0. The fraction of sp³-hybridized carbons (Fsp3) is 0.333. The predicted octanol–water partition coefficient (Wildman–Crippen LogP) is 3.98. The molecule has 0 bridgehead atoms. The summed E-state index contributed by atoms with van der Waals surface area (Å²) in [5, 5.41) is 9.42. The van der Waals surface area contributed by atoms with Crippen LogP contribution in [-0.4, -0.2) is 11.5 Å². The molecule has 0 aliphatic carbocycles. The molecule has 0 fully saturated rings. The number of alkyl halides is 3. The first kappa shape index (κ1) is 13.4. The van der Waals surface area contributed by atoms with E-state index in [0.29, 0.717) is 12.0 Å². The molecule has 0 unspecified atom stereocenters. The van der Waals surface area contributed by atoms with E-state index in [4.69, 9.17) is 0 Å². The first-order chi connectivity index (χ1) is 7.90. The van der Waals surface area contributed by atoms with Crippen molar-refractivity contribution >= 4 is 0 Å². The molecule has 0 amide bonds. The summed E-state index contributed by atoms with van der Waals surface area (Å²) in [6, 6.07) is 5.56. The largest absolute Gasteiger partial charge is 0.573 e. The zero-order chi connectivity index (χ0) is 12.9. The number of aliphatic hydroxyl groups is 1. The van der Waals surface area contributed by atoms with Crippen molar-refractivity contribution in [2.45, 2.75) is 26.1 Å². The van der Waals surface area contributed by atoms with Gasteiger partial charge in [-0.1, -0.05) is 19.1 Å². The van der Waals surface area contributed by atoms with Crippen molar-refractivity contribution in [3.63, 3.8) is 0 Å². The Morgan fingerprint density at radius 1 is 1.41 bits per heavy atom. The Hall–Kier alpha value is -1.65. The van der Waals surface area contributed by atoms with Gasteiger partial charge in [0.2, 0.25) is 0 Å². The summed E-state index contributed by atoms with van der Waals surface area (Å²) in [7, 11) is 0. The minimum absolute atomic E-state index is 0.136. The first-order valence-electron chi connectivity index (χ1n) is 5.13. The van der Waals surface area contributed by atoms with Gasteiger partial charge in [0.1, 0.15) is 5.75 Å². The van der Waals surface area contributed by atoms with Crippen LogP contribution in [0, 0.1) is 0 Å². The molecule has 1 aromatic carbocycles. The third-order valence-corrected chi connectivity index (χ3v) is 1.96. The Bertz CT molecular complexity index is 397. The van der Waals surface area contributed by atoms with Gasteiger partial charge in [-0.05, 0) is 30.2 Å². The highest BCUT2D eigenvalue weighted by Crippen LogP contribution is 2.23. The normalized spacial score (nSPS) is 12.6. The number of aliphatic hydroxyl groups excluding tert-OH is 1. The van der Waals surface area contributed by atoms with Gasteiger partial charge in [0.05, 0.1) is 5.76 Å². The van der Waals surface area contributed by atoms with Crippen molar-refractivity contribution in [2.24, 2.45) is 0 Å². The molecular formula is C12H13F3O2. The predicted molar refractivity (Wildman–Crippen MR) is 57.8 cm³/mol. The van der Waals surface area contributed by atoms with Gasteiger partial charge in [-0.2, -0.15) is 0 Å². The number of hydrogen-bond donors (Lipinski definition) is 1. The molecule has 1 rings (SSSR count). The highest BCUT2D eigenvalue weighted by atomic mass is 19.4. The van der Waals surface area contributed by atoms with E-state index in [9.17, 15) is 18.3 Å². The monoisotopic (exact) mass is 246 g/mol. The molecule has 0 radical (unpaired) electrons. The first-order valence-corrected chi connectivity index (χ1v) is 5.13. The van der Waals surface area contributed by atoms with Gasteiger partial charge < -0.3 is 9.84 Å². The number of ether oxygens (including phenoxy) is 1. The second-order valence-corrected chi connectivity index (χ2v) is 3.48. The van der Waals surface area contributed by atoms with E-state index in [1.165, 1.54) is 18.2 Å². The number of allylic oxidation sites excluding steroid dienone is 2. The lowest BCUT2D eigenvalue weighted by molar-refractivity contribution is -0.274. The molecule has 0 aliphatic heterocycles. The lowest BCUT2D eigenvalue weighted by Crippen LogP contribution is -2.17. The SMILES string of the molecule is CC/C=C(/O)Cc1cccc(OC(F)(F)F)c1. The Kier molecular flexibility index (Phi) is 4.43. The van der Waals surface area contributed by atoms with E-state index >= 15 is 0 Å². The number of rotatable bonds is 4. The van der Waals surface area contributed by atoms with Crippen molar-refractivity contribution in [3.8, 4) is 5.75 Å². The van der Waals surface area contributed by atoms with Crippen LogP contribution < -0.4 is 4.74 Å². The van der Waals surface area contributed by atoms with Crippen molar-refractivity contribution in [1.82, 2.24) is 0 Å². The van der Waals surface area contributed by atoms with Crippen LogP contribution in [0.25, 0.3) is 0 Å². The molecule has 1 N–H and O–H groups in total. The molecule has 0 saturated carbocycles. The fourth-order valence-corrected chi connectivity index (χ4v) is 1.37. The second kappa shape index (κ2) is 5.61. The van der Waals surface area contributed by atoms with Gasteiger partial charge in [-0.3, -0.25) is 0 Å². The molecule has 0 atom stereocenters. The maximum atomic E-state index is 12.0. The van der Waals surface area contributed by atoms with Crippen LogP contribution in [0.1, 0.15) is 18.9 Å². The van der Waals surface area contributed by atoms with Crippen molar-refractivity contribution in [1.29, 1.82) is 0 Å². The number of halogens is 3. The van der Waals surface area contributed by atoms with E-state index in [-0.39, 0.29) is 17.9 Å². The van der Waals surface area contributed by atoms with Crippen molar-refractivity contribution in [3.05, 3.63) is 41.7 Å². The lowest BCUT2D eigenvalue weighted by Gasteiger charge is -2.09. The van der Waals surface area contributed by atoms with Crippen LogP contribution >= 0.6 is 0 Å². The van der Waals surface area contributed by atoms with E-state index in [2.05, 4.69) is 4.74 Å². The zero-order valence-corrected chi connectivity index (χ0v) is 9.29. The summed E-state index contributed by atoms with van der Waals surface area (Å²) in [6.45, 7) is 1.86. The van der Waals surface area contributed by atoms with Crippen molar-refractivity contribution < 1.29 is 23.0 Å². The Balaban J connectivity index is 2.76. The van der Waals surface area contributed by atoms with Crippen LogP contribution in [0.5, 0.6) is 5.75 Å². The van der Waals surface area contributed by atoms with E-state index < -0.39 is 6.36 Å². The Morgan fingerprint density at radius 2 is 2.12 bits per heavy atom. The van der Waals surface area contributed by atoms with Gasteiger partial charge in [0.25, 0.3) is 0 Å². The topological polar surface area (TPSA) is 29.5 Å². The summed E-state index contributed by atoms with van der Waals surface area (Å²) in [4.78, 5) is 0. The molecule has 5 heteroatoms. The van der Waals surface area contributed by atoms with E-state index in [0.717, 1.165) is 0 Å². The van der Waals surface area contributed by atoms with Gasteiger partial charge >= 0.3 is 6.36 Å². The number of benzene rings is 1. The summed E-state index contributed by atoms with van der Waals surface area (Å²) in [5.41, 5.74) is 0.564. The maximum Gasteiger partial charge on any atom is 0.573 e. The molecule has 17 heavy (non-hydrogen) atoms. The van der Waals surface area contributed by atoms with Gasteiger partial charge in [-0.25, -0.2) is 0 Å². The fourth-order valence-electron chi connectivity index (χ4n) is 1.37. The standard InChI is InChI=1S/C12H13F3O2/c1-2-4-10(16)7-9-5-3-6-11(8-9)17-12(13,14)15/h3-6,8,16H,2,7H2,1H3/b10-4+. The van der Waals surface area contributed by atoms with Crippen LogP contribution in [0.2, 0.25) is 0 Å². The van der Waals surface area contributed by atoms with E-state index in [1.54, 1.807) is 12.1 Å². The smallest absolute Gasteiger partial charge is 0.512 e. The van der Waals surface area contributed by atoms with Crippen LogP contribution in [0.3, 0.4) is 0 Å². The third-order valence-electron chi connectivity index (χ3n) is 1.96. The average molecular weight is 246 g/mol. The third kappa shape index (κ3) is 5.29. The minimum atomic E-state index is -4.69. The van der Waals surface area contributed by atoms with Gasteiger partial charge in [-0.15, -0.1) is 13.2 Å². The van der Waals surface area contributed by atoms with Gasteiger partial charge in [0.15, 0.2) is 0 Å². The highest BCUT2D eigenvalue weighted by molar-refractivity contribution is 5.30. The second-order valence-electron chi connectivity index (χ2n) is 3.48. The molecule has 0 aliphatic rings. The molecule has 2 nitrogen and oxygen atoms in total. The average Bonchev–Trinajstić information content (AvgIpc) is 2.15. The molecule has 1 aromatic rings. The molecule has 0 spiro atoms. The molecule has 0 heterocycles. The molecule has 0 aromatic heterocycles. The van der Waals surface area contributed by atoms with E-state index in [1.807, 2.05) is 6.92 Å². The summed E-state index contributed by atoms with van der Waals surface area (Å²) < 4.78 is 39.7. The quantitative estimate of drug-likeness (QED) is 0.814. The Labute approximate surface area is 97.3 Å². The summed E-state index contributed by atoms with van der Waals surface area (Å²) in [6.07, 6.45) is -2.22. The Morgan fingerprint density at radius 3 is 2.71 bits per heavy atom. The minimum Gasteiger partial charge on any atom is -0.512 e. The lowest BCUT2D eigenvalue weighted by atomic mass is 10.1. The molecule has 0 saturated heterocycles. The highest BCUT2D eigenvalue weighted by Gasteiger charge is 2.31. The summed E-state index contributed by atoms with van der Waals surface area (Å²) in [5.74, 6) is -0.143. The van der Waals surface area contributed by atoms with Crippen LogP contribution in [0.4, 0.5) is 13.2 Å². The van der Waals surface area contributed by atoms with Crippen LogP contribution in [0.15, 0.2) is 36.1 Å². The molecule has 94 valence electrons. The number of hydrogen-bond acceptors (Lipinski definition) is 2. The zero-order valence-electron chi connectivity index (χ0n) is 9.29. The van der Waals surface area contributed by atoms with Crippen LogP contribution in [-0.2, 0) is 6.42 Å². The molecular weight excluding hydrogens is 233 g/mol. The van der Waals surface area contributed by atoms with Crippen molar-refractivity contribution in [2.75, 3.05) is 0 Å². The van der Waals surface area contributed by atoms with Gasteiger partial charge in [0, 0.05) is 6.42 Å².